The van der Waals surface area contributed by atoms with Gasteiger partial charge in [0.1, 0.15) is 5.69 Å². The van der Waals surface area contributed by atoms with E-state index in [0.29, 0.717) is 18.2 Å². The molecular weight excluding hydrogens is 238 g/mol. The highest BCUT2D eigenvalue weighted by Gasteiger charge is 2.21. The Morgan fingerprint density at radius 3 is 3.00 bits per heavy atom. The van der Waals surface area contributed by atoms with Gasteiger partial charge in [-0.1, -0.05) is 38.3 Å². The van der Waals surface area contributed by atoms with Crippen molar-refractivity contribution in [3.63, 3.8) is 0 Å². The quantitative estimate of drug-likeness (QED) is 0.622. The van der Waals surface area contributed by atoms with Crippen molar-refractivity contribution in [2.24, 2.45) is 5.92 Å². The number of aromatic nitrogens is 1. The lowest BCUT2D eigenvalue weighted by molar-refractivity contribution is 0.0520. The van der Waals surface area contributed by atoms with E-state index in [0.717, 1.165) is 12.0 Å². The first kappa shape index (κ1) is 13.9. The number of carbonyl (C=O) groups excluding carboxylic acids is 1. The number of esters is 1. The zero-order chi connectivity index (χ0) is 13.7. The number of aromatic amines is 1. The summed E-state index contributed by atoms with van der Waals surface area (Å²) < 4.78 is 5.05. The summed E-state index contributed by atoms with van der Waals surface area (Å²) in [6, 6.07) is 0. The average Bonchev–Trinajstić information content (AvgIpc) is 2.82. The second kappa shape index (κ2) is 6.60. The fourth-order valence-electron chi connectivity index (χ4n) is 2.64. The van der Waals surface area contributed by atoms with Gasteiger partial charge in [0.2, 0.25) is 0 Å². The van der Waals surface area contributed by atoms with Crippen LogP contribution in [0.5, 0.6) is 0 Å². The number of H-pyrrole nitrogens is 1. The maximum Gasteiger partial charge on any atom is 0.355 e. The molecule has 0 spiro atoms. The highest BCUT2D eigenvalue weighted by molar-refractivity contribution is 5.92. The van der Waals surface area contributed by atoms with E-state index in [9.17, 15) is 4.79 Å². The summed E-state index contributed by atoms with van der Waals surface area (Å²) in [7, 11) is 0. The van der Waals surface area contributed by atoms with Gasteiger partial charge in [0, 0.05) is 11.8 Å². The van der Waals surface area contributed by atoms with Gasteiger partial charge in [-0.05, 0) is 31.2 Å². The largest absolute Gasteiger partial charge is 0.461 e. The number of carbonyl (C=O) groups is 1. The highest BCUT2D eigenvalue weighted by atomic mass is 16.5. The summed E-state index contributed by atoms with van der Waals surface area (Å²) in [6.45, 7) is 4.47. The fourth-order valence-corrected chi connectivity index (χ4v) is 2.64. The van der Waals surface area contributed by atoms with Crippen molar-refractivity contribution in [3.05, 3.63) is 29.1 Å². The molecule has 104 valence electrons. The number of unbranched alkanes of at least 4 members (excludes halogenated alkanes) is 2. The molecule has 0 saturated carbocycles. The predicted molar refractivity (Wildman–Crippen MR) is 77.1 cm³/mol. The summed E-state index contributed by atoms with van der Waals surface area (Å²) in [5.41, 5.74) is 2.86. The summed E-state index contributed by atoms with van der Waals surface area (Å²) in [4.78, 5) is 14.8. The third kappa shape index (κ3) is 3.28. The number of nitrogens with one attached hydrogen (secondary N) is 1. The number of hydrogen-bond donors (Lipinski definition) is 1. The molecule has 0 aromatic carbocycles. The van der Waals surface area contributed by atoms with Crippen LogP contribution < -0.4 is 0 Å². The van der Waals surface area contributed by atoms with Gasteiger partial charge >= 0.3 is 5.97 Å². The summed E-state index contributed by atoms with van der Waals surface area (Å²) in [5.74, 6) is 0.364. The Balaban J connectivity index is 2.02. The molecule has 1 N–H and O–H groups in total. The molecule has 0 saturated heterocycles. The topological polar surface area (TPSA) is 42.1 Å². The van der Waals surface area contributed by atoms with Crippen molar-refractivity contribution in [1.29, 1.82) is 0 Å². The Hall–Kier alpha value is -1.51. The molecule has 0 bridgehead atoms. The number of fused-ring (bicyclic) bond motifs is 1. The van der Waals surface area contributed by atoms with Gasteiger partial charge < -0.3 is 9.72 Å². The normalized spacial score (nSPS) is 17.3. The molecule has 1 atom stereocenters. The minimum atomic E-state index is -0.252. The van der Waals surface area contributed by atoms with E-state index in [1.54, 1.807) is 0 Å². The van der Waals surface area contributed by atoms with E-state index in [4.69, 9.17) is 4.74 Å². The van der Waals surface area contributed by atoms with Crippen molar-refractivity contribution in [2.45, 2.75) is 46.0 Å². The Bertz CT molecular complexity index is 459. The molecule has 0 fully saturated rings. The Kier molecular flexibility index (Phi) is 4.83. The number of allylic oxidation sites excluding steroid dienone is 1. The number of rotatable bonds is 6. The smallest absolute Gasteiger partial charge is 0.355 e. The first-order valence-electron chi connectivity index (χ1n) is 7.31. The van der Waals surface area contributed by atoms with Crippen molar-refractivity contribution in [2.75, 3.05) is 6.61 Å². The Morgan fingerprint density at radius 1 is 1.42 bits per heavy atom. The van der Waals surface area contributed by atoms with Crippen molar-refractivity contribution >= 4 is 12.0 Å². The van der Waals surface area contributed by atoms with Gasteiger partial charge in [-0.15, -0.1) is 0 Å². The first-order valence-corrected chi connectivity index (χ1v) is 7.31. The monoisotopic (exact) mass is 261 g/mol. The maximum absolute atomic E-state index is 11.8. The molecule has 19 heavy (non-hydrogen) atoms. The van der Waals surface area contributed by atoms with Crippen molar-refractivity contribution in [3.8, 4) is 0 Å². The van der Waals surface area contributed by atoms with E-state index in [1.165, 1.54) is 31.2 Å². The minimum Gasteiger partial charge on any atom is -0.461 e. The van der Waals surface area contributed by atoms with E-state index in [2.05, 4.69) is 24.1 Å². The summed E-state index contributed by atoms with van der Waals surface area (Å²) in [6.07, 6.45) is 12.4. The Morgan fingerprint density at radius 2 is 2.26 bits per heavy atom. The minimum absolute atomic E-state index is 0.252. The molecule has 1 aromatic rings. The lowest BCUT2D eigenvalue weighted by atomic mass is 9.88. The SMILES string of the molecule is CCCCCC1C=Cc2c(c[nH]c2C(=O)OCC)C1. The molecule has 1 heterocycles. The van der Waals surface area contributed by atoms with Gasteiger partial charge in [0.05, 0.1) is 6.61 Å². The van der Waals surface area contributed by atoms with Crippen LogP contribution in [0.1, 0.15) is 61.1 Å². The first-order chi connectivity index (χ1) is 9.26. The van der Waals surface area contributed by atoms with Crippen LogP contribution in [0.4, 0.5) is 0 Å². The number of hydrogen-bond acceptors (Lipinski definition) is 2. The van der Waals surface area contributed by atoms with Gasteiger partial charge in [0.25, 0.3) is 0 Å². The second-order valence-electron chi connectivity index (χ2n) is 5.14. The summed E-state index contributed by atoms with van der Waals surface area (Å²) >= 11 is 0. The molecule has 0 aliphatic heterocycles. The molecule has 1 unspecified atom stereocenters. The van der Waals surface area contributed by atoms with Crippen LogP contribution in [-0.4, -0.2) is 17.6 Å². The van der Waals surface area contributed by atoms with Gasteiger partial charge in [-0.3, -0.25) is 0 Å². The van der Waals surface area contributed by atoms with Crippen molar-refractivity contribution < 1.29 is 9.53 Å². The van der Waals surface area contributed by atoms with Crippen LogP contribution in [0, 0.1) is 5.92 Å². The molecule has 1 aliphatic carbocycles. The fraction of sp³-hybridized carbons (Fsp3) is 0.562. The molecule has 1 aromatic heterocycles. The second-order valence-corrected chi connectivity index (χ2v) is 5.14. The van der Waals surface area contributed by atoms with Crippen LogP contribution in [0.15, 0.2) is 12.3 Å². The van der Waals surface area contributed by atoms with Crippen molar-refractivity contribution in [1.82, 2.24) is 4.98 Å². The van der Waals surface area contributed by atoms with E-state index >= 15 is 0 Å². The summed E-state index contributed by atoms with van der Waals surface area (Å²) in [5, 5.41) is 0. The molecule has 3 nitrogen and oxygen atoms in total. The van der Waals surface area contributed by atoms with Crippen LogP contribution in [0.2, 0.25) is 0 Å². The third-order valence-corrected chi connectivity index (χ3v) is 3.68. The predicted octanol–water partition coefficient (Wildman–Crippen LogP) is 3.96. The third-order valence-electron chi connectivity index (χ3n) is 3.68. The van der Waals surface area contributed by atoms with Crippen LogP contribution in [0.3, 0.4) is 0 Å². The average molecular weight is 261 g/mol. The zero-order valence-corrected chi connectivity index (χ0v) is 11.9. The van der Waals surface area contributed by atoms with Crippen LogP contribution in [-0.2, 0) is 11.2 Å². The number of ether oxygens (including phenoxy) is 1. The van der Waals surface area contributed by atoms with Gasteiger partial charge in [-0.2, -0.15) is 0 Å². The molecule has 0 amide bonds. The van der Waals surface area contributed by atoms with Gasteiger partial charge in [0.15, 0.2) is 0 Å². The molecular formula is C16H23NO2. The Labute approximate surface area is 115 Å². The zero-order valence-electron chi connectivity index (χ0n) is 11.9. The van der Waals surface area contributed by atoms with E-state index in [-0.39, 0.29) is 5.97 Å². The van der Waals surface area contributed by atoms with E-state index < -0.39 is 0 Å². The van der Waals surface area contributed by atoms with E-state index in [1.807, 2.05) is 13.1 Å². The molecule has 2 rings (SSSR count). The molecule has 3 heteroatoms. The lowest BCUT2D eigenvalue weighted by Crippen LogP contribution is -2.10. The lowest BCUT2D eigenvalue weighted by Gasteiger charge is -2.17. The standard InChI is InChI=1S/C16H23NO2/c1-3-5-6-7-12-8-9-14-13(10-12)11-17-15(14)16(18)19-4-2/h8-9,11-12,17H,3-7,10H2,1-2H3. The highest BCUT2D eigenvalue weighted by Crippen LogP contribution is 2.28. The van der Waals surface area contributed by atoms with Crippen LogP contribution >= 0.6 is 0 Å². The molecule has 0 radical (unpaired) electrons. The maximum atomic E-state index is 11.8. The molecule has 1 aliphatic rings. The van der Waals surface area contributed by atoms with Crippen LogP contribution in [0.25, 0.3) is 6.08 Å². The van der Waals surface area contributed by atoms with Gasteiger partial charge in [-0.25, -0.2) is 4.79 Å².